The van der Waals surface area contributed by atoms with Crippen LogP contribution in [0.5, 0.6) is 0 Å². The molecule has 0 radical (unpaired) electrons. The second-order valence-electron chi connectivity index (χ2n) is 5.01. The normalized spacial score (nSPS) is 11.2. The standard InChI is InChI=1S/C13H14FN3O2S/c1-13(2,3)19-12(18)17-11-9(14)16-10(20-11)8-5-4-6-15-7-8/h4-7H,1-3H3,(H,17,18). The molecule has 0 saturated heterocycles. The van der Waals surface area contributed by atoms with Crippen molar-refractivity contribution < 1.29 is 13.9 Å². The molecule has 20 heavy (non-hydrogen) atoms. The SMILES string of the molecule is CC(C)(C)OC(=O)Nc1sc(-c2cccnc2)nc1F. The van der Waals surface area contributed by atoms with Gasteiger partial charge in [0, 0.05) is 18.0 Å². The first-order valence-corrected chi connectivity index (χ1v) is 6.73. The molecule has 1 amide bonds. The van der Waals surface area contributed by atoms with Crippen LogP contribution in [0.4, 0.5) is 14.2 Å². The van der Waals surface area contributed by atoms with Crippen molar-refractivity contribution in [2.45, 2.75) is 26.4 Å². The van der Waals surface area contributed by atoms with Gasteiger partial charge in [-0.2, -0.15) is 4.39 Å². The van der Waals surface area contributed by atoms with Gasteiger partial charge in [0.15, 0.2) is 5.00 Å². The van der Waals surface area contributed by atoms with Crippen LogP contribution in [0.25, 0.3) is 10.6 Å². The molecule has 0 aliphatic rings. The molecule has 0 atom stereocenters. The second kappa shape index (κ2) is 5.54. The van der Waals surface area contributed by atoms with Crippen molar-refractivity contribution >= 4 is 22.4 Å². The monoisotopic (exact) mass is 295 g/mol. The summed E-state index contributed by atoms with van der Waals surface area (Å²) in [6.45, 7) is 5.20. The second-order valence-corrected chi connectivity index (χ2v) is 6.01. The Balaban J connectivity index is 2.15. The molecule has 0 aliphatic carbocycles. The third-order valence-corrected chi connectivity index (χ3v) is 3.10. The maximum absolute atomic E-state index is 13.7. The summed E-state index contributed by atoms with van der Waals surface area (Å²) < 4.78 is 18.8. The van der Waals surface area contributed by atoms with Crippen LogP contribution in [0, 0.1) is 5.95 Å². The maximum atomic E-state index is 13.7. The van der Waals surface area contributed by atoms with Gasteiger partial charge in [-0.25, -0.2) is 9.78 Å². The minimum absolute atomic E-state index is 0.0260. The molecule has 2 heterocycles. The van der Waals surface area contributed by atoms with E-state index in [0.29, 0.717) is 10.6 Å². The molecule has 0 spiro atoms. The number of aromatic nitrogens is 2. The van der Waals surface area contributed by atoms with Gasteiger partial charge in [0.1, 0.15) is 10.6 Å². The molecule has 0 saturated carbocycles. The Bertz CT molecular complexity index is 608. The average Bonchev–Trinajstić information content (AvgIpc) is 2.70. The molecule has 0 aliphatic heterocycles. The van der Waals surface area contributed by atoms with Crippen molar-refractivity contribution in [3.05, 3.63) is 30.5 Å². The van der Waals surface area contributed by atoms with Crippen molar-refractivity contribution in [3.8, 4) is 10.6 Å². The van der Waals surface area contributed by atoms with Crippen molar-refractivity contribution in [3.63, 3.8) is 0 Å². The highest BCUT2D eigenvalue weighted by atomic mass is 32.1. The molecule has 0 bridgehead atoms. The molecule has 2 aromatic rings. The first-order chi connectivity index (χ1) is 9.35. The summed E-state index contributed by atoms with van der Waals surface area (Å²) in [5.74, 6) is -0.736. The molecule has 7 heteroatoms. The number of nitrogens with one attached hydrogen (secondary N) is 1. The van der Waals surface area contributed by atoms with E-state index in [4.69, 9.17) is 4.74 Å². The number of halogens is 1. The molecule has 2 rings (SSSR count). The van der Waals surface area contributed by atoms with Crippen molar-refractivity contribution in [2.75, 3.05) is 5.32 Å². The van der Waals surface area contributed by atoms with E-state index in [1.165, 1.54) is 0 Å². The zero-order valence-corrected chi connectivity index (χ0v) is 12.1. The van der Waals surface area contributed by atoms with Crippen LogP contribution < -0.4 is 5.32 Å². The molecule has 0 fully saturated rings. The Kier molecular flexibility index (Phi) is 3.99. The summed E-state index contributed by atoms with van der Waals surface area (Å²) in [6.07, 6.45) is 2.49. The molecule has 0 aromatic carbocycles. The van der Waals surface area contributed by atoms with Gasteiger partial charge in [0.2, 0.25) is 5.95 Å². The van der Waals surface area contributed by atoms with Crippen LogP contribution in [0.3, 0.4) is 0 Å². The predicted molar refractivity (Wildman–Crippen MR) is 75.2 cm³/mol. The van der Waals surface area contributed by atoms with Crippen molar-refractivity contribution in [1.82, 2.24) is 9.97 Å². The van der Waals surface area contributed by atoms with Gasteiger partial charge < -0.3 is 4.74 Å². The third kappa shape index (κ3) is 3.74. The van der Waals surface area contributed by atoms with E-state index < -0.39 is 17.6 Å². The maximum Gasteiger partial charge on any atom is 0.412 e. The number of anilines is 1. The topological polar surface area (TPSA) is 64.1 Å². The number of hydrogen-bond donors (Lipinski definition) is 1. The van der Waals surface area contributed by atoms with Gasteiger partial charge in [-0.05, 0) is 32.9 Å². The van der Waals surface area contributed by atoms with Gasteiger partial charge in [0.25, 0.3) is 0 Å². The van der Waals surface area contributed by atoms with Crippen molar-refractivity contribution in [2.24, 2.45) is 0 Å². The lowest BCUT2D eigenvalue weighted by Crippen LogP contribution is -2.27. The van der Waals surface area contributed by atoms with Gasteiger partial charge in [-0.1, -0.05) is 11.3 Å². The zero-order valence-electron chi connectivity index (χ0n) is 11.3. The number of rotatable bonds is 2. The van der Waals surface area contributed by atoms with Gasteiger partial charge in [-0.3, -0.25) is 10.3 Å². The average molecular weight is 295 g/mol. The highest BCUT2D eigenvalue weighted by molar-refractivity contribution is 7.19. The Morgan fingerprint density at radius 1 is 1.45 bits per heavy atom. The van der Waals surface area contributed by atoms with E-state index in [1.54, 1.807) is 45.3 Å². The lowest BCUT2D eigenvalue weighted by Gasteiger charge is -2.19. The summed E-state index contributed by atoms with van der Waals surface area (Å²) in [5.41, 5.74) is 0.0471. The third-order valence-electron chi connectivity index (χ3n) is 2.11. The molecular formula is C13H14FN3O2S. The van der Waals surface area contributed by atoms with Crippen LogP contribution in [0.1, 0.15) is 20.8 Å². The largest absolute Gasteiger partial charge is 0.444 e. The zero-order chi connectivity index (χ0) is 14.8. The molecule has 5 nitrogen and oxygen atoms in total. The summed E-state index contributed by atoms with van der Waals surface area (Å²) >= 11 is 1.03. The first kappa shape index (κ1) is 14.4. The minimum atomic E-state index is -0.736. The van der Waals surface area contributed by atoms with E-state index in [0.717, 1.165) is 11.3 Å². The lowest BCUT2D eigenvalue weighted by atomic mass is 10.2. The number of carbonyl (C=O) groups is 1. The van der Waals surface area contributed by atoms with Crippen LogP contribution in [-0.4, -0.2) is 21.7 Å². The predicted octanol–water partition coefficient (Wildman–Crippen LogP) is 3.69. The molecule has 2 aromatic heterocycles. The number of thiazole rings is 1. The van der Waals surface area contributed by atoms with Crippen molar-refractivity contribution in [1.29, 1.82) is 0 Å². The fraction of sp³-hybridized carbons (Fsp3) is 0.308. The van der Waals surface area contributed by atoms with E-state index in [-0.39, 0.29) is 5.00 Å². The fourth-order valence-electron chi connectivity index (χ4n) is 1.39. The highest BCUT2D eigenvalue weighted by Gasteiger charge is 2.20. The summed E-state index contributed by atoms with van der Waals surface area (Å²) in [6, 6.07) is 3.50. The molecule has 0 unspecified atom stereocenters. The molecule has 1 N–H and O–H groups in total. The number of amides is 1. The van der Waals surface area contributed by atoms with Crippen LogP contribution in [0.2, 0.25) is 0 Å². The number of carbonyl (C=O) groups excluding carboxylic acids is 1. The van der Waals surface area contributed by atoms with E-state index in [1.807, 2.05) is 0 Å². The van der Waals surface area contributed by atoms with Crippen LogP contribution >= 0.6 is 11.3 Å². The summed E-state index contributed by atoms with van der Waals surface area (Å²) in [5, 5.41) is 2.83. The number of nitrogens with zero attached hydrogens (tertiary/aromatic N) is 2. The van der Waals surface area contributed by atoms with Crippen LogP contribution in [-0.2, 0) is 4.74 Å². The van der Waals surface area contributed by atoms with E-state index in [2.05, 4.69) is 15.3 Å². The summed E-state index contributed by atoms with van der Waals surface area (Å²) in [4.78, 5) is 19.3. The Hall–Kier alpha value is -2.02. The van der Waals surface area contributed by atoms with Gasteiger partial charge in [0.05, 0.1) is 0 Å². The Morgan fingerprint density at radius 3 is 2.80 bits per heavy atom. The van der Waals surface area contributed by atoms with Crippen LogP contribution in [0.15, 0.2) is 24.5 Å². The Labute approximate surface area is 119 Å². The quantitative estimate of drug-likeness (QED) is 0.917. The van der Waals surface area contributed by atoms with E-state index in [9.17, 15) is 9.18 Å². The minimum Gasteiger partial charge on any atom is -0.444 e. The fourth-order valence-corrected chi connectivity index (χ4v) is 2.21. The lowest BCUT2D eigenvalue weighted by molar-refractivity contribution is 0.0635. The van der Waals surface area contributed by atoms with E-state index >= 15 is 0 Å². The number of ether oxygens (including phenoxy) is 1. The number of hydrogen-bond acceptors (Lipinski definition) is 5. The van der Waals surface area contributed by atoms with Gasteiger partial charge >= 0.3 is 6.09 Å². The smallest absolute Gasteiger partial charge is 0.412 e. The molecule has 106 valence electrons. The Morgan fingerprint density at radius 2 is 2.20 bits per heavy atom. The summed E-state index contributed by atoms with van der Waals surface area (Å²) in [7, 11) is 0. The first-order valence-electron chi connectivity index (χ1n) is 5.92. The number of pyridine rings is 1. The van der Waals surface area contributed by atoms with Gasteiger partial charge in [-0.15, -0.1) is 0 Å². The molecular weight excluding hydrogens is 281 g/mol. The highest BCUT2D eigenvalue weighted by Crippen LogP contribution is 2.30.